The number of amides is 1. The molecule has 158 valence electrons. The summed E-state index contributed by atoms with van der Waals surface area (Å²) in [6, 6.07) is 16.6. The highest BCUT2D eigenvalue weighted by Gasteiger charge is 2.23. The Morgan fingerprint density at radius 3 is 2.50 bits per heavy atom. The van der Waals surface area contributed by atoms with Crippen molar-refractivity contribution in [2.75, 3.05) is 19.8 Å². The molecule has 1 amide bonds. The maximum atomic E-state index is 12.6. The van der Waals surface area contributed by atoms with Crippen molar-refractivity contribution in [1.82, 2.24) is 19.3 Å². The van der Waals surface area contributed by atoms with Crippen LogP contribution >= 0.6 is 15.9 Å². The molecule has 0 unspecified atom stereocenters. The number of benzene rings is 2. The van der Waals surface area contributed by atoms with Crippen LogP contribution in [0.15, 0.2) is 63.6 Å². The largest absolute Gasteiger partial charge is 0.337 e. The number of sulfonamides is 1. The summed E-state index contributed by atoms with van der Waals surface area (Å²) in [7, 11) is -2.01. The van der Waals surface area contributed by atoms with Crippen LogP contribution in [-0.2, 0) is 27.9 Å². The van der Waals surface area contributed by atoms with Crippen LogP contribution in [0.25, 0.3) is 11.4 Å². The van der Waals surface area contributed by atoms with Gasteiger partial charge in [0.15, 0.2) is 0 Å². The maximum Gasteiger partial charge on any atom is 0.246 e. The molecule has 0 fully saturated rings. The third-order valence-electron chi connectivity index (χ3n) is 4.33. The molecule has 3 aromatic rings. The summed E-state index contributed by atoms with van der Waals surface area (Å²) in [6.45, 7) is -0.0908. The van der Waals surface area contributed by atoms with E-state index in [4.69, 9.17) is 4.52 Å². The van der Waals surface area contributed by atoms with Crippen LogP contribution in [0.4, 0.5) is 0 Å². The lowest BCUT2D eigenvalue weighted by Gasteiger charge is -2.22. The summed E-state index contributed by atoms with van der Waals surface area (Å²) in [5.74, 6) is 0.294. The van der Waals surface area contributed by atoms with E-state index in [9.17, 15) is 13.2 Å². The maximum absolute atomic E-state index is 12.6. The molecule has 0 saturated carbocycles. The van der Waals surface area contributed by atoms with Crippen LogP contribution in [0.5, 0.6) is 0 Å². The second-order valence-electron chi connectivity index (χ2n) is 6.79. The topological polar surface area (TPSA) is 96.6 Å². The molecular formula is C20H21BrN4O4S. The summed E-state index contributed by atoms with van der Waals surface area (Å²) in [4.78, 5) is 18.3. The Bertz CT molecular complexity index is 1120. The normalized spacial score (nSPS) is 11.6. The van der Waals surface area contributed by atoms with E-state index >= 15 is 0 Å². The molecule has 10 heteroatoms. The van der Waals surface area contributed by atoms with Gasteiger partial charge in [-0.15, -0.1) is 0 Å². The fourth-order valence-corrected chi connectivity index (χ4v) is 3.83. The van der Waals surface area contributed by atoms with Crippen LogP contribution < -0.4 is 0 Å². The number of likely N-dealkylation sites (N-methyl/N-ethyl adjacent to an activating group) is 1. The first-order valence-corrected chi connectivity index (χ1v) is 11.7. The molecule has 0 aliphatic heterocycles. The SMILES string of the molecule is CN(Cc1nc(-c2cccc(Br)c2)no1)C(=O)CN(Cc1ccccc1)S(C)(=O)=O. The van der Waals surface area contributed by atoms with E-state index in [1.54, 1.807) is 7.05 Å². The van der Waals surface area contributed by atoms with Crippen LogP contribution in [0.3, 0.4) is 0 Å². The van der Waals surface area contributed by atoms with Crippen molar-refractivity contribution < 1.29 is 17.7 Å². The first kappa shape index (κ1) is 22.1. The second kappa shape index (κ2) is 9.50. The molecule has 0 saturated heterocycles. The monoisotopic (exact) mass is 492 g/mol. The number of aromatic nitrogens is 2. The minimum Gasteiger partial charge on any atom is -0.337 e. The average Bonchev–Trinajstić information content (AvgIpc) is 3.16. The molecule has 1 aromatic heterocycles. The van der Waals surface area contributed by atoms with Gasteiger partial charge in [0.2, 0.25) is 27.6 Å². The molecule has 0 bridgehead atoms. The lowest BCUT2D eigenvalue weighted by atomic mass is 10.2. The Morgan fingerprint density at radius 1 is 1.10 bits per heavy atom. The molecule has 3 rings (SSSR count). The summed E-state index contributed by atoms with van der Waals surface area (Å²) in [5, 5.41) is 3.94. The van der Waals surface area contributed by atoms with Crippen molar-refractivity contribution in [1.29, 1.82) is 0 Å². The molecule has 1 heterocycles. The summed E-state index contributed by atoms with van der Waals surface area (Å²) >= 11 is 3.40. The van der Waals surface area contributed by atoms with Gasteiger partial charge in [0, 0.05) is 23.6 Å². The number of carbonyl (C=O) groups is 1. The Labute approximate surface area is 183 Å². The zero-order chi connectivity index (χ0) is 21.7. The van der Waals surface area contributed by atoms with Crippen LogP contribution in [0.1, 0.15) is 11.5 Å². The zero-order valence-electron chi connectivity index (χ0n) is 16.5. The summed E-state index contributed by atoms with van der Waals surface area (Å²) in [6.07, 6.45) is 1.09. The molecule has 8 nitrogen and oxygen atoms in total. The van der Waals surface area contributed by atoms with E-state index in [0.717, 1.165) is 26.2 Å². The van der Waals surface area contributed by atoms with E-state index in [-0.39, 0.29) is 31.4 Å². The highest BCUT2D eigenvalue weighted by atomic mass is 79.9. The standard InChI is InChI=1S/C20H21BrN4O4S/c1-24(13-18-22-20(23-29-18)16-9-6-10-17(21)11-16)19(26)14-25(30(2,27)28)12-15-7-4-3-5-8-15/h3-11H,12-14H2,1-2H3. The molecule has 0 N–H and O–H groups in total. The van der Waals surface area contributed by atoms with Crippen LogP contribution in [0, 0.1) is 0 Å². The summed E-state index contributed by atoms with van der Waals surface area (Å²) in [5.41, 5.74) is 1.58. The Morgan fingerprint density at radius 2 is 1.83 bits per heavy atom. The van der Waals surface area contributed by atoms with E-state index < -0.39 is 10.0 Å². The van der Waals surface area contributed by atoms with Crippen molar-refractivity contribution in [3.05, 3.63) is 70.5 Å². The second-order valence-corrected chi connectivity index (χ2v) is 9.69. The van der Waals surface area contributed by atoms with Gasteiger partial charge in [0.05, 0.1) is 19.3 Å². The molecule has 0 radical (unpaired) electrons. The molecule has 30 heavy (non-hydrogen) atoms. The average molecular weight is 493 g/mol. The third kappa shape index (κ3) is 5.97. The molecule has 0 aliphatic rings. The molecule has 0 atom stereocenters. The van der Waals surface area contributed by atoms with Gasteiger partial charge in [-0.1, -0.05) is 63.6 Å². The van der Waals surface area contributed by atoms with Crippen molar-refractivity contribution in [3.8, 4) is 11.4 Å². The fourth-order valence-electron chi connectivity index (χ4n) is 2.70. The van der Waals surface area contributed by atoms with E-state index in [2.05, 4.69) is 26.1 Å². The lowest BCUT2D eigenvalue weighted by molar-refractivity contribution is -0.131. The van der Waals surface area contributed by atoms with Gasteiger partial charge in [-0.25, -0.2) is 8.42 Å². The predicted octanol–water partition coefficient (Wildman–Crippen LogP) is 2.92. The highest BCUT2D eigenvalue weighted by molar-refractivity contribution is 9.10. The van der Waals surface area contributed by atoms with Gasteiger partial charge in [0.25, 0.3) is 0 Å². The van der Waals surface area contributed by atoms with Gasteiger partial charge in [-0.2, -0.15) is 9.29 Å². The summed E-state index contributed by atoms with van der Waals surface area (Å²) < 4.78 is 31.6. The fraction of sp³-hybridized carbons (Fsp3) is 0.250. The Hall–Kier alpha value is -2.56. The van der Waals surface area contributed by atoms with Crippen molar-refractivity contribution >= 4 is 31.9 Å². The van der Waals surface area contributed by atoms with Gasteiger partial charge in [0.1, 0.15) is 0 Å². The number of rotatable bonds is 8. The van der Waals surface area contributed by atoms with Gasteiger partial charge < -0.3 is 9.42 Å². The number of hydrogen-bond donors (Lipinski definition) is 0. The van der Waals surface area contributed by atoms with Crippen molar-refractivity contribution in [2.45, 2.75) is 13.1 Å². The van der Waals surface area contributed by atoms with Gasteiger partial charge in [-0.05, 0) is 17.7 Å². The van der Waals surface area contributed by atoms with Gasteiger partial charge >= 0.3 is 0 Å². The number of nitrogens with zero attached hydrogens (tertiary/aromatic N) is 4. The third-order valence-corrected chi connectivity index (χ3v) is 6.02. The molecule has 0 aliphatic carbocycles. The van der Waals surface area contributed by atoms with Crippen LogP contribution in [0.2, 0.25) is 0 Å². The lowest BCUT2D eigenvalue weighted by Crippen LogP contribution is -2.40. The highest BCUT2D eigenvalue weighted by Crippen LogP contribution is 2.20. The predicted molar refractivity (Wildman–Crippen MR) is 116 cm³/mol. The Balaban J connectivity index is 1.66. The first-order chi connectivity index (χ1) is 14.2. The quantitative estimate of drug-likeness (QED) is 0.479. The minimum absolute atomic E-state index is 0.0722. The molecular weight excluding hydrogens is 472 g/mol. The minimum atomic E-state index is -3.57. The van der Waals surface area contributed by atoms with Gasteiger partial charge in [-0.3, -0.25) is 4.79 Å². The first-order valence-electron chi connectivity index (χ1n) is 9.04. The van der Waals surface area contributed by atoms with Crippen molar-refractivity contribution in [2.24, 2.45) is 0 Å². The number of hydrogen-bond acceptors (Lipinski definition) is 6. The number of carbonyl (C=O) groups excluding carboxylic acids is 1. The smallest absolute Gasteiger partial charge is 0.246 e. The van der Waals surface area contributed by atoms with E-state index in [1.165, 1.54) is 4.90 Å². The molecule has 2 aromatic carbocycles. The van der Waals surface area contributed by atoms with E-state index in [0.29, 0.717) is 5.82 Å². The zero-order valence-corrected chi connectivity index (χ0v) is 18.9. The number of halogens is 1. The molecule has 0 spiro atoms. The van der Waals surface area contributed by atoms with E-state index in [1.807, 2.05) is 54.6 Å². The Kier molecular flexibility index (Phi) is 7.01. The van der Waals surface area contributed by atoms with Crippen LogP contribution in [-0.4, -0.2) is 53.5 Å². The van der Waals surface area contributed by atoms with Crippen molar-refractivity contribution in [3.63, 3.8) is 0 Å².